The second-order valence-corrected chi connectivity index (χ2v) is 5.98. The molecule has 0 radical (unpaired) electrons. The Kier molecular flexibility index (Phi) is 5.11. The molecular weight excluding hydrogens is 336 g/mol. The minimum Gasteiger partial charge on any atom is -0.493 e. The van der Waals surface area contributed by atoms with Gasteiger partial charge in [0.1, 0.15) is 6.61 Å². The summed E-state index contributed by atoms with van der Waals surface area (Å²) in [6, 6.07) is 9.22. The fraction of sp³-hybridized carbons (Fsp3) is 0.300. The number of carbonyl (C=O) groups excluding carboxylic acids is 1. The number of carboxylic acids is 1. The molecule has 6 nitrogen and oxygen atoms in total. The fourth-order valence-electron chi connectivity index (χ4n) is 3.31. The summed E-state index contributed by atoms with van der Waals surface area (Å²) in [6.45, 7) is 0.229. The lowest BCUT2D eigenvalue weighted by molar-refractivity contribution is -0.137. The second kappa shape index (κ2) is 7.47. The molecule has 0 atom stereocenters. The Morgan fingerprint density at radius 2 is 1.88 bits per heavy atom. The number of fused-ring (bicyclic) bond motifs is 1. The van der Waals surface area contributed by atoms with Crippen LogP contribution in [0.4, 0.5) is 0 Å². The molecule has 0 amide bonds. The third-order valence-electron chi connectivity index (χ3n) is 4.50. The smallest absolute Gasteiger partial charge is 0.338 e. The molecule has 0 aliphatic carbocycles. The van der Waals surface area contributed by atoms with E-state index in [4.69, 9.17) is 19.3 Å². The van der Waals surface area contributed by atoms with Crippen molar-refractivity contribution in [3.8, 4) is 22.6 Å². The van der Waals surface area contributed by atoms with E-state index < -0.39 is 5.97 Å². The number of benzene rings is 2. The van der Waals surface area contributed by atoms with Crippen molar-refractivity contribution in [1.82, 2.24) is 0 Å². The molecule has 1 aliphatic rings. The zero-order chi connectivity index (χ0) is 18.7. The van der Waals surface area contributed by atoms with Crippen molar-refractivity contribution in [3.63, 3.8) is 0 Å². The van der Waals surface area contributed by atoms with Crippen molar-refractivity contribution in [3.05, 3.63) is 47.0 Å². The van der Waals surface area contributed by atoms with Crippen molar-refractivity contribution in [1.29, 1.82) is 0 Å². The standard InChI is InChI=1S/C20H20O6/c1-24-17-10-9-13(14(19(17)25-2)6-4-8-18(21)22)12-5-3-7-15-16(12)11-26-20(15)23/h3,5,7,9-10H,4,6,8,11H2,1-2H3,(H,21,22). The maximum atomic E-state index is 11.9. The van der Waals surface area contributed by atoms with Crippen LogP contribution >= 0.6 is 0 Å². The lowest BCUT2D eigenvalue weighted by Crippen LogP contribution is -2.02. The molecule has 0 fully saturated rings. The molecule has 3 rings (SSSR count). The first-order valence-electron chi connectivity index (χ1n) is 8.31. The number of carboxylic acid groups (broad SMARTS) is 1. The Balaban J connectivity index is 2.12. The van der Waals surface area contributed by atoms with E-state index in [0.29, 0.717) is 29.9 Å². The number of methoxy groups -OCH3 is 2. The van der Waals surface area contributed by atoms with Gasteiger partial charge in [-0.25, -0.2) is 4.79 Å². The van der Waals surface area contributed by atoms with Gasteiger partial charge in [0.05, 0.1) is 19.8 Å². The Bertz CT molecular complexity index is 856. The Labute approximate surface area is 151 Å². The van der Waals surface area contributed by atoms with E-state index in [0.717, 1.165) is 22.3 Å². The predicted molar refractivity (Wildman–Crippen MR) is 94.7 cm³/mol. The van der Waals surface area contributed by atoms with Crippen LogP contribution in [0.15, 0.2) is 30.3 Å². The van der Waals surface area contributed by atoms with Gasteiger partial charge in [-0.1, -0.05) is 18.2 Å². The van der Waals surface area contributed by atoms with Gasteiger partial charge < -0.3 is 19.3 Å². The van der Waals surface area contributed by atoms with E-state index in [-0.39, 0.29) is 19.0 Å². The molecule has 26 heavy (non-hydrogen) atoms. The Hall–Kier alpha value is -3.02. The summed E-state index contributed by atoms with van der Waals surface area (Å²) >= 11 is 0. The first-order valence-corrected chi connectivity index (χ1v) is 8.31. The van der Waals surface area contributed by atoms with Crippen molar-refractivity contribution in [2.45, 2.75) is 25.9 Å². The average molecular weight is 356 g/mol. The SMILES string of the molecule is COc1ccc(-c2cccc3c2COC3=O)c(CCCC(=O)O)c1OC. The highest BCUT2D eigenvalue weighted by Gasteiger charge is 2.26. The van der Waals surface area contributed by atoms with Crippen LogP contribution in [0, 0.1) is 0 Å². The molecular formula is C20H20O6. The van der Waals surface area contributed by atoms with Gasteiger partial charge in [-0.3, -0.25) is 4.79 Å². The zero-order valence-corrected chi connectivity index (χ0v) is 14.7. The monoisotopic (exact) mass is 356 g/mol. The molecule has 0 unspecified atom stereocenters. The third kappa shape index (κ3) is 3.22. The summed E-state index contributed by atoms with van der Waals surface area (Å²) in [6.07, 6.45) is 1.05. The number of rotatable bonds is 7. The van der Waals surface area contributed by atoms with Gasteiger partial charge in [0, 0.05) is 17.5 Å². The summed E-state index contributed by atoms with van der Waals surface area (Å²) in [5.74, 6) is 0.00229. The van der Waals surface area contributed by atoms with Gasteiger partial charge in [0.15, 0.2) is 11.5 Å². The number of esters is 1. The van der Waals surface area contributed by atoms with Crippen LogP contribution in [0.5, 0.6) is 11.5 Å². The number of hydrogen-bond donors (Lipinski definition) is 1. The van der Waals surface area contributed by atoms with Crippen LogP contribution in [0.3, 0.4) is 0 Å². The fourth-order valence-corrected chi connectivity index (χ4v) is 3.31. The largest absolute Gasteiger partial charge is 0.493 e. The quantitative estimate of drug-likeness (QED) is 0.765. The number of aliphatic carboxylic acids is 1. The van der Waals surface area contributed by atoms with Crippen molar-refractivity contribution < 1.29 is 28.9 Å². The first-order chi connectivity index (χ1) is 12.6. The summed E-state index contributed by atoms with van der Waals surface area (Å²) < 4.78 is 16.1. The van der Waals surface area contributed by atoms with Gasteiger partial charge >= 0.3 is 11.9 Å². The lowest BCUT2D eigenvalue weighted by Gasteiger charge is -2.18. The van der Waals surface area contributed by atoms with E-state index >= 15 is 0 Å². The number of hydrogen-bond acceptors (Lipinski definition) is 5. The summed E-state index contributed by atoms with van der Waals surface area (Å²) in [5, 5.41) is 8.95. The first kappa shape index (κ1) is 17.8. The number of cyclic esters (lactones) is 1. The van der Waals surface area contributed by atoms with Gasteiger partial charge in [0.2, 0.25) is 0 Å². The molecule has 0 bridgehead atoms. The highest BCUT2D eigenvalue weighted by molar-refractivity contribution is 5.96. The summed E-state index contributed by atoms with van der Waals surface area (Å²) in [4.78, 5) is 22.8. The maximum Gasteiger partial charge on any atom is 0.338 e. The lowest BCUT2D eigenvalue weighted by atomic mass is 9.90. The molecule has 2 aromatic carbocycles. The molecule has 2 aromatic rings. The molecule has 0 saturated heterocycles. The Morgan fingerprint density at radius 1 is 1.12 bits per heavy atom. The van der Waals surface area contributed by atoms with Crippen LogP contribution in [-0.2, 0) is 22.6 Å². The zero-order valence-electron chi connectivity index (χ0n) is 14.7. The van der Waals surface area contributed by atoms with Gasteiger partial charge in [-0.05, 0) is 36.1 Å². The summed E-state index contributed by atoms with van der Waals surface area (Å²) in [7, 11) is 3.12. The average Bonchev–Trinajstić information content (AvgIpc) is 3.02. The van der Waals surface area contributed by atoms with Crippen LogP contribution < -0.4 is 9.47 Å². The highest BCUT2D eigenvalue weighted by Crippen LogP contribution is 2.41. The highest BCUT2D eigenvalue weighted by atomic mass is 16.5. The minimum atomic E-state index is -0.840. The molecule has 0 aromatic heterocycles. The molecule has 1 heterocycles. The van der Waals surface area contributed by atoms with E-state index in [9.17, 15) is 9.59 Å². The summed E-state index contributed by atoms with van der Waals surface area (Å²) in [5.41, 5.74) is 4.04. The maximum absolute atomic E-state index is 11.9. The molecule has 0 saturated carbocycles. The number of carbonyl (C=O) groups is 2. The van der Waals surface area contributed by atoms with E-state index in [1.54, 1.807) is 20.3 Å². The van der Waals surface area contributed by atoms with Crippen LogP contribution in [0.25, 0.3) is 11.1 Å². The Morgan fingerprint density at radius 3 is 2.58 bits per heavy atom. The van der Waals surface area contributed by atoms with E-state index in [1.165, 1.54) is 0 Å². The number of ether oxygens (including phenoxy) is 3. The minimum absolute atomic E-state index is 0.0638. The van der Waals surface area contributed by atoms with Gasteiger partial charge in [0.25, 0.3) is 0 Å². The topological polar surface area (TPSA) is 82.1 Å². The molecule has 1 aliphatic heterocycles. The third-order valence-corrected chi connectivity index (χ3v) is 4.50. The van der Waals surface area contributed by atoms with Crippen molar-refractivity contribution >= 4 is 11.9 Å². The van der Waals surface area contributed by atoms with Crippen LogP contribution in [-0.4, -0.2) is 31.3 Å². The van der Waals surface area contributed by atoms with Crippen LogP contribution in [0.1, 0.15) is 34.3 Å². The van der Waals surface area contributed by atoms with Gasteiger partial charge in [-0.15, -0.1) is 0 Å². The predicted octanol–water partition coefficient (Wildman–Crippen LogP) is 3.45. The molecule has 0 spiro atoms. The second-order valence-electron chi connectivity index (χ2n) is 5.98. The van der Waals surface area contributed by atoms with E-state index in [1.807, 2.05) is 24.3 Å². The van der Waals surface area contributed by atoms with Crippen molar-refractivity contribution in [2.75, 3.05) is 14.2 Å². The van der Waals surface area contributed by atoms with Crippen LogP contribution in [0.2, 0.25) is 0 Å². The van der Waals surface area contributed by atoms with Crippen molar-refractivity contribution in [2.24, 2.45) is 0 Å². The normalized spacial score (nSPS) is 12.5. The van der Waals surface area contributed by atoms with E-state index in [2.05, 4.69) is 0 Å². The molecule has 1 N–H and O–H groups in total. The van der Waals surface area contributed by atoms with Gasteiger partial charge in [-0.2, -0.15) is 0 Å². The molecule has 6 heteroatoms. The molecule has 136 valence electrons.